The summed E-state index contributed by atoms with van der Waals surface area (Å²) in [6.07, 6.45) is 6.07. The van der Waals surface area contributed by atoms with Crippen molar-refractivity contribution in [3.8, 4) is 17.7 Å². The number of fused-ring (bicyclic) bond motifs is 1. The molecule has 0 radical (unpaired) electrons. The van der Waals surface area contributed by atoms with Crippen LogP contribution in [0.4, 0.5) is 5.69 Å². The van der Waals surface area contributed by atoms with E-state index in [9.17, 15) is 4.79 Å². The van der Waals surface area contributed by atoms with Crippen LogP contribution in [0.25, 0.3) is 16.9 Å². The van der Waals surface area contributed by atoms with Crippen LogP contribution in [0.1, 0.15) is 26.5 Å². The molecule has 1 amide bonds. The van der Waals surface area contributed by atoms with Gasteiger partial charge in [0.05, 0.1) is 42.7 Å². The largest absolute Gasteiger partial charge is 0.379 e. The second-order valence-corrected chi connectivity index (χ2v) is 9.07. The van der Waals surface area contributed by atoms with Crippen molar-refractivity contribution in [1.82, 2.24) is 24.4 Å². The second-order valence-electron chi connectivity index (χ2n) is 9.07. The van der Waals surface area contributed by atoms with Gasteiger partial charge in [0.25, 0.3) is 5.91 Å². The van der Waals surface area contributed by atoms with Crippen molar-refractivity contribution in [2.45, 2.75) is 27.2 Å². The number of rotatable bonds is 4. The van der Waals surface area contributed by atoms with E-state index in [1.54, 1.807) is 18.7 Å². The fourth-order valence-electron chi connectivity index (χ4n) is 3.56. The smallest absolute Gasteiger partial charge is 0.300 e. The monoisotopic (exact) mass is 432 g/mol. The second kappa shape index (κ2) is 9.47. The van der Waals surface area contributed by atoms with Crippen LogP contribution in [0.3, 0.4) is 0 Å². The summed E-state index contributed by atoms with van der Waals surface area (Å²) >= 11 is 0. The molecule has 8 nitrogen and oxygen atoms in total. The first-order valence-electron chi connectivity index (χ1n) is 10.8. The molecule has 0 unspecified atom stereocenters. The van der Waals surface area contributed by atoms with Crippen molar-refractivity contribution in [2.24, 2.45) is 5.41 Å². The number of nitrogens with one attached hydrogen (secondary N) is 1. The van der Waals surface area contributed by atoms with Gasteiger partial charge in [0, 0.05) is 25.0 Å². The van der Waals surface area contributed by atoms with Crippen LogP contribution in [-0.4, -0.2) is 63.2 Å². The average Bonchev–Trinajstić information content (AvgIpc) is 3.17. The van der Waals surface area contributed by atoms with E-state index in [0.717, 1.165) is 36.2 Å². The van der Waals surface area contributed by atoms with E-state index in [1.165, 1.54) is 0 Å². The van der Waals surface area contributed by atoms with Gasteiger partial charge in [-0.25, -0.2) is 9.97 Å². The highest BCUT2D eigenvalue weighted by Gasteiger charge is 2.14. The Morgan fingerprint density at radius 3 is 2.81 bits per heavy atom. The SMILES string of the molecule is CC(C)(C)Cc1cncc(-n2cnc3ccc(NC(=O)C#CCN4CCOCC4)cc32)n1. The molecule has 0 aliphatic carbocycles. The molecule has 3 aromatic rings. The first kappa shape index (κ1) is 21.9. The van der Waals surface area contributed by atoms with Crippen LogP contribution in [0.15, 0.2) is 36.9 Å². The average molecular weight is 433 g/mol. The van der Waals surface area contributed by atoms with Gasteiger partial charge in [0.2, 0.25) is 0 Å². The highest BCUT2D eigenvalue weighted by atomic mass is 16.5. The number of ether oxygens (including phenoxy) is 1. The molecule has 32 heavy (non-hydrogen) atoms. The molecule has 1 saturated heterocycles. The molecule has 8 heteroatoms. The third-order valence-corrected chi connectivity index (χ3v) is 5.04. The van der Waals surface area contributed by atoms with E-state index < -0.39 is 0 Å². The Bertz CT molecular complexity index is 1160. The molecular formula is C24H28N6O2. The van der Waals surface area contributed by atoms with E-state index in [1.807, 2.05) is 22.8 Å². The van der Waals surface area contributed by atoms with Gasteiger partial charge >= 0.3 is 0 Å². The number of hydrogen-bond acceptors (Lipinski definition) is 6. The Kier molecular flexibility index (Phi) is 6.49. The first-order valence-corrected chi connectivity index (χ1v) is 10.8. The van der Waals surface area contributed by atoms with Crippen LogP contribution in [-0.2, 0) is 16.0 Å². The molecule has 1 aromatic carbocycles. The van der Waals surface area contributed by atoms with E-state index in [4.69, 9.17) is 9.72 Å². The van der Waals surface area contributed by atoms with Crippen LogP contribution in [0.2, 0.25) is 0 Å². The number of hydrogen-bond donors (Lipinski definition) is 1. The van der Waals surface area contributed by atoms with Crippen molar-refractivity contribution in [1.29, 1.82) is 0 Å². The third-order valence-electron chi connectivity index (χ3n) is 5.04. The Balaban J connectivity index is 1.49. The minimum absolute atomic E-state index is 0.116. The van der Waals surface area contributed by atoms with Gasteiger partial charge in [-0.3, -0.25) is 19.2 Å². The number of aromatic nitrogens is 4. The van der Waals surface area contributed by atoms with Crippen LogP contribution >= 0.6 is 0 Å². The van der Waals surface area contributed by atoms with Gasteiger partial charge in [0.15, 0.2) is 5.82 Å². The zero-order chi connectivity index (χ0) is 22.6. The highest BCUT2D eigenvalue weighted by molar-refractivity contribution is 6.04. The lowest BCUT2D eigenvalue weighted by molar-refractivity contribution is -0.111. The summed E-state index contributed by atoms with van der Waals surface area (Å²) in [6.45, 7) is 10.2. The molecule has 1 N–H and O–H groups in total. The summed E-state index contributed by atoms with van der Waals surface area (Å²) < 4.78 is 7.20. The van der Waals surface area contributed by atoms with Gasteiger partial charge in [-0.2, -0.15) is 0 Å². The molecule has 0 spiro atoms. The molecule has 0 saturated carbocycles. The lowest BCUT2D eigenvalue weighted by Gasteiger charge is -2.24. The number of carbonyl (C=O) groups is 1. The molecule has 1 fully saturated rings. The summed E-state index contributed by atoms with van der Waals surface area (Å²) in [5, 5.41) is 2.85. The van der Waals surface area contributed by atoms with Gasteiger partial charge < -0.3 is 10.1 Å². The molecular weight excluding hydrogens is 404 g/mol. The molecule has 0 atom stereocenters. The van der Waals surface area contributed by atoms with E-state index in [-0.39, 0.29) is 11.3 Å². The summed E-state index contributed by atoms with van der Waals surface area (Å²) in [6, 6.07) is 5.57. The number of morpholine rings is 1. The number of nitrogens with zero attached hydrogens (tertiary/aromatic N) is 5. The maximum absolute atomic E-state index is 12.3. The van der Waals surface area contributed by atoms with Gasteiger partial charge in [-0.15, -0.1) is 0 Å². The summed E-state index contributed by atoms with van der Waals surface area (Å²) in [7, 11) is 0. The molecule has 0 bridgehead atoms. The molecule has 1 aliphatic heterocycles. The van der Waals surface area contributed by atoms with Crippen molar-refractivity contribution in [3.05, 3.63) is 42.6 Å². The molecule has 4 rings (SSSR count). The number of benzene rings is 1. The van der Waals surface area contributed by atoms with E-state index >= 15 is 0 Å². The molecule has 166 valence electrons. The molecule has 3 heterocycles. The lowest BCUT2D eigenvalue weighted by Crippen LogP contribution is -2.36. The van der Waals surface area contributed by atoms with Gasteiger partial charge in [0.1, 0.15) is 6.33 Å². The zero-order valence-electron chi connectivity index (χ0n) is 18.8. The number of carbonyl (C=O) groups excluding carboxylic acids is 1. The number of imidazole rings is 1. The minimum Gasteiger partial charge on any atom is -0.379 e. The van der Waals surface area contributed by atoms with Gasteiger partial charge in [-0.05, 0) is 36.0 Å². The lowest BCUT2D eigenvalue weighted by atomic mass is 9.91. The maximum Gasteiger partial charge on any atom is 0.300 e. The van der Waals surface area contributed by atoms with Crippen LogP contribution < -0.4 is 5.32 Å². The predicted octanol–water partition coefficient (Wildman–Crippen LogP) is 2.68. The Morgan fingerprint density at radius 2 is 2.03 bits per heavy atom. The summed E-state index contributed by atoms with van der Waals surface area (Å²) in [5.41, 5.74) is 3.35. The summed E-state index contributed by atoms with van der Waals surface area (Å²) in [4.78, 5) is 28.0. The quantitative estimate of drug-likeness (QED) is 0.638. The first-order chi connectivity index (χ1) is 15.4. The standard InChI is InChI=1S/C24H28N6O2/c1-24(2,3)14-19-15-25-16-22(27-19)30-17-26-20-7-6-18(13-21(20)30)28-23(31)5-4-8-29-9-11-32-12-10-29/h6-7,13,15-17H,8-12,14H2,1-3H3,(H,28,31). The van der Waals surface area contributed by atoms with E-state index in [0.29, 0.717) is 31.3 Å². The molecule has 2 aromatic heterocycles. The molecule has 1 aliphatic rings. The Hall–Kier alpha value is -3.28. The van der Waals surface area contributed by atoms with Crippen molar-refractivity contribution >= 4 is 22.6 Å². The maximum atomic E-state index is 12.3. The fourth-order valence-corrected chi connectivity index (χ4v) is 3.56. The normalized spacial score (nSPS) is 14.7. The van der Waals surface area contributed by atoms with Crippen LogP contribution in [0.5, 0.6) is 0 Å². The number of anilines is 1. The minimum atomic E-state index is -0.337. The predicted molar refractivity (Wildman–Crippen MR) is 123 cm³/mol. The summed E-state index contributed by atoms with van der Waals surface area (Å²) in [5.74, 6) is 5.97. The van der Waals surface area contributed by atoms with Crippen LogP contribution in [0, 0.1) is 17.3 Å². The van der Waals surface area contributed by atoms with Crippen molar-refractivity contribution in [3.63, 3.8) is 0 Å². The van der Waals surface area contributed by atoms with Gasteiger partial charge in [-0.1, -0.05) is 26.7 Å². The van der Waals surface area contributed by atoms with Crippen molar-refractivity contribution < 1.29 is 9.53 Å². The van der Waals surface area contributed by atoms with Crippen molar-refractivity contribution in [2.75, 3.05) is 38.2 Å². The fraction of sp³-hybridized carbons (Fsp3) is 0.417. The zero-order valence-corrected chi connectivity index (χ0v) is 18.8. The Labute approximate surface area is 188 Å². The van der Waals surface area contributed by atoms with E-state index in [2.05, 4.69) is 52.8 Å². The topological polar surface area (TPSA) is 85.2 Å². The third kappa shape index (κ3) is 5.69. The number of amides is 1. The Morgan fingerprint density at radius 1 is 1.22 bits per heavy atom. The highest BCUT2D eigenvalue weighted by Crippen LogP contribution is 2.23.